The van der Waals surface area contributed by atoms with Crippen LogP contribution in [0.15, 0.2) is 24.3 Å². The zero-order valence-electron chi connectivity index (χ0n) is 10.6. The van der Waals surface area contributed by atoms with Gasteiger partial charge in [0.1, 0.15) is 5.82 Å². The number of carboxylic acids is 1. The highest BCUT2D eigenvalue weighted by atomic mass is 19.1. The topological polar surface area (TPSA) is 75.1 Å². The lowest BCUT2D eigenvalue weighted by atomic mass is 10.0. The second-order valence-corrected chi connectivity index (χ2v) is 4.56. The predicted octanol–water partition coefficient (Wildman–Crippen LogP) is 1.63. The van der Waals surface area contributed by atoms with Gasteiger partial charge in [-0.3, -0.25) is 0 Å². The minimum Gasteiger partial charge on any atom is -0.476 e. The zero-order valence-corrected chi connectivity index (χ0v) is 10.6. The van der Waals surface area contributed by atoms with Gasteiger partial charge in [0.15, 0.2) is 11.5 Å². The van der Waals surface area contributed by atoms with Gasteiger partial charge < -0.3 is 10.4 Å². The molecule has 0 radical (unpaired) electrons. The number of nitrogens with one attached hydrogen (secondary N) is 1. The van der Waals surface area contributed by atoms with Crippen LogP contribution in [0.4, 0.5) is 4.39 Å². The molecule has 2 N–H and O–H groups in total. The third kappa shape index (κ3) is 2.25. The van der Waals surface area contributed by atoms with E-state index in [1.165, 1.54) is 12.1 Å². The molecular formula is C14H12FN3O2. The number of benzene rings is 1. The predicted molar refractivity (Wildman–Crippen MR) is 69.8 cm³/mol. The van der Waals surface area contributed by atoms with Gasteiger partial charge in [-0.25, -0.2) is 19.2 Å². The standard InChI is InChI=1S/C14H12FN3O2/c15-9-3-1-2-8(6-9)13-17-11-4-5-16-7-10(11)12(18-13)14(19)20/h1-3,6,16H,4-5,7H2,(H,19,20). The van der Waals surface area contributed by atoms with E-state index in [0.29, 0.717) is 24.1 Å². The summed E-state index contributed by atoms with van der Waals surface area (Å²) in [5.41, 5.74) is 1.80. The SMILES string of the molecule is O=C(O)c1nc(-c2cccc(F)c2)nc2c1CNCC2. The molecule has 0 saturated carbocycles. The van der Waals surface area contributed by atoms with Gasteiger partial charge in [0.05, 0.1) is 5.69 Å². The van der Waals surface area contributed by atoms with Crippen molar-refractivity contribution in [3.63, 3.8) is 0 Å². The van der Waals surface area contributed by atoms with Crippen LogP contribution in [-0.4, -0.2) is 27.6 Å². The molecule has 0 saturated heterocycles. The fourth-order valence-electron chi connectivity index (χ4n) is 2.28. The second-order valence-electron chi connectivity index (χ2n) is 4.56. The average molecular weight is 273 g/mol. The molecule has 1 aromatic heterocycles. The molecule has 1 aliphatic heterocycles. The Morgan fingerprint density at radius 2 is 2.20 bits per heavy atom. The van der Waals surface area contributed by atoms with Crippen LogP contribution in [0.1, 0.15) is 21.7 Å². The van der Waals surface area contributed by atoms with Crippen LogP contribution in [0, 0.1) is 5.82 Å². The third-order valence-corrected chi connectivity index (χ3v) is 3.22. The maximum absolute atomic E-state index is 13.3. The molecule has 2 aromatic rings. The molecule has 20 heavy (non-hydrogen) atoms. The van der Waals surface area contributed by atoms with E-state index < -0.39 is 11.8 Å². The van der Waals surface area contributed by atoms with Gasteiger partial charge in [-0.05, 0) is 12.1 Å². The second kappa shape index (κ2) is 4.97. The summed E-state index contributed by atoms with van der Waals surface area (Å²) in [6.07, 6.45) is 0.639. The number of fused-ring (bicyclic) bond motifs is 1. The number of nitrogens with zero attached hydrogens (tertiary/aromatic N) is 2. The Kier molecular flexibility index (Phi) is 3.15. The van der Waals surface area contributed by atoms with Gasteiger partial charge in [-0.2, -0.15) is 0 Å². The van der Waals surface area contributed by atoms with Gasteiger partial charge >= 0.3 is 5.97 Å². The largest absolute Gasteiger partial charge is 0.476 e. The molecule has 6 heteroatoms. The van der Waals surface area contributed by atoms with E-state index >= 15 is 0 Å². The molecule has 2 heterocycles. The lowest BCUT2D eigenvalue weighted by Crippen LogP contribution is -2.28. The quantitative estimate of drug-likeness (QED) is 0.869. The minimum atomic E-state index is -1.09. The molecule has 3 rings (SSSR count). The summed E-state index contributed by atoms with van der Waals surface area (Å²) >= 11 is 0. The van der Waals surface area contributed by atoms with Gasteiger partial charge in [0, 0.05) is 30.6 Å². The van der Waals surface area contributed by atoms with E-state index in [1.807, 2.05) is 0 Å². The van der Waals surface area contributed by atoms with E-state index in [1.54, 1.807) is 12.1 Å². The summed E-state index contributed by atoms with van der Waals surface area (Å²) in [4.78, 5) is 19.8. The Hall–Kier alpha value is -2.34. The van der Waals surface area contributed by atoms with Crippen molar-refractivity contribution >= 4 is 5.97 Å². The maximum atomic E-state index is 13.3. The highest BCUT2D eigenvalue weighted by molar-refractivity contribution is 5.88. The van der Waals surface area contributed by atoms with E-state index in [2.05, 4.69) is 15.3 Å². The number of aromatic carboxylic acids is 1. The van der Waals surface area contributed by atoms with E-state index in [-0.39, 0.29) is 11.5 Å². The Bertz CT molecular complexity index is 688. The van der Waals surface area contributed by atoms with Crippen molar-refractivity contribution in [2.75, 3.05) is 6.54 Å². The molecular weight excluding hydrogens is 261 g/mol. The molecule has 0 bridgehead atoms. The van der Waals surface area contributed by atoms with Crippen molar-refractivity contribution in [1.82, 2.24) is 15.3 Å². The summed E-state index contributed by atoms with van der Waals surface area (Å²) in [7, 11) is 0. The molecule has 5 nitrogen and oxygen atoms in total. The fraction of sp³-hybridized carbons (Fsp3) is 0.214. The first-order chi connectivity index (χ1) is 9.65. The molecule has 0 unspecified atom stereocenters. The van der Waals surface area contributed by atoms with Crippen LogP contribution in [0.2, 0.25) is 0 Å². The van der Waals surface area contributed by atoms with Gasteiger partial charge in [-0.1, -0.05) is 12.1 Å². The summed E-state index contributed by atoms with van der Waals surface area (Å²) in [6, 6.07) is 5.84. The Labute approximate surface area is 114 Å². The van der Waals surface area contributed by atoms with Crippen molar-refractivity contribution in [2.24, 2.45) is 0 Å². The zero-order chi connectivity index (χ0) is 14.1. The summed E-state index contributed by atoms with van der Waals surface area (Å²) < 4.78 is 13.3. The lowest BCUT2D eigenvalue weighted by Gasteiger charge is -2.18. The monoisotopic (exact) mass is 273 g/mol. The minimum absolute atomic E-state index is 0.0125. The van der Waals surface area contributed by atoms with Crippen LogP contribution in [0.3, 0.4) is 0 Å². The van der Waals surface area contributed by atoms with Crippen LogP contribution in [0.5, 0.6) is 0 Å². The fourth-order valence-corrected chi connectivity index (χ4v) is 2.28. The van der Waals surface area contributed by atoms with Gasteiger partial charge in [0.2, 0.25) is 0 Å². The third-order valence-electron chi connectivity index (χ3n) is 3.22. The molecule has 1 aromatic carbocycles. The molecule has 0 fully saturated rings. The van der Waals surface area contributed by atoms with Crippen LogP contribution in [0.25, 0.3) is 11.4 Å². The Morgan fingerprint density at radius 3 is 2.95 bits per heavy atom. The number of hydrogen-bond donors (Lipinski definition) is 2. The summed E-state index contributed by atoms with van der Waals surface area (Å²) in [5, 5.41) is 12.4. The number of rotatable bonds is 2. The van der Waals surface area contributed by atoms with Crippen molar-refractivity contribution in [3.8, 4) is 11.4 Å². The molecule has 0 aliphatic carbocycles. The molecule has 102 valence electrons. The van der Waals surface area contributed by atoms with Gasteiger partial charge in [0.25, 0.3) is 0 Å². The first-order valence-corrected chi connectivity index (χ1v) is 6.25. The van der Waals surface area contributed by atoms with E-state index in [4.69, 9.17) is 0 Å². The smallest absolute Gasteiger partial charge is 0.354 e. The molecule has 1 aliphatic rings. The first kappa shape index (κ1) is 12.7. The normalized spacial score (nSPS) is 13.8. The Balaban J connectivity index is 2.17. The van der Waals surface area contributed by atoms with E-state index in [0.717, 1.165) is 12.2 Å². The van der Waals surface area contributed by atoms with Gasteiger partial charge in [-0.15, -0.1) is 0 Å². The van der Waals surface area contributed by atoms with Crippen molar-refractivity contribution < 1.29 is 14.3 Å². The first-order valence-electron chi connectivity index (χ1n) is 6.25. The van der Waals surface area contributed by atoms with Crippen LogP contribution < -0.4 is 5.32 Å². The van der Waals surface area contributed by atoms with Crippen LogP contribution in [-0.2, 0) is 13.0 Å². The molecule has 0 atom stereocenters. The number of halogens is 1. The van der Waals surface area contributed by atoms with Crippen molar-refractivity contribution in [3.05, 3.63) is 47.0 Å². The molecule has 0 amide bonds. The number of carboxylic acid groups (broad SMARTS) is 1. The highest BCUT2D eigenvalue weighted by Crippen LogP contribution is 2.22. The Morgan fingerprint density at radius 1 is 1.35 bits per heavy atom. The summed E-state index contributed by atoms with van der Waals surface area (Å²) in [5.74, 6) is -1.24. The van der Waals surface area contributed by atoms with Crippen molar-refractivity contribution in [2.45, 2.75) is 13.0 Å². The maximum Gasteiger partial charge on any atom is 0.354 e. The van der Waals surface area contributed by atoms with E-state index in [9.17, 15) is 14.3 Å². The molecule has 0 spiro atoms. The lowest BCUT2D eigenvalue weighted by molar-refractivity contribution is 0.0688. The number of aromatic nitrogens is 2. The number of carbonyl (C=O) groups is 1. The number of hydrogen-bond acceptors (Lipinski definition) is 4. The highest BCUT2D eigenvalue weighted by Gasteiger charge is 2.22. The summed E-state index contributed by atoms with van der Waals surface area (Å²) in [6.45, 7) is 1.19. The van der Waals surface area contributed by atoms with Crippen molar-refractivity contribution in [1.29, 1.82) is 0 Å². The average Bonchev–Trinajstić information content (AvgIpc) is 2.46. The van der Waals surface area contributed by atoms with Crippen LogP contribution >= 0.6 is 0 Å².